The molecule has 0 bridgehead atoms. The zero-order valence-electron chi connectivity index (χ0n) is 16.0. The van der Waals surface area contributed by atoms with Gasteiger partial charge in [-0.25, -0.2) is 9.97 Å². The molecule has 8 nitrogen and oxygen atoms in total. The molecular weight excluding hydrogens is 380 g/mol. The summed E-state index contributed by atoms with van der Waals surface area (Å²) < 4.78 is 0. The Morgan fingerprint density at radius 1 is 1.17 bits per heavy atom. The maximum absolute atomic E-state index is 12.1. The first-order chi connectivity index (χ1) is 14.6. The molecular formula is C22H18N6O2. The van der Waals surface area contributed by atoms with E-state index in [0.29, 0.717) is 23.8 Å². The fourth-order valence-corrected chi connectivity index (χ4v) is 3.16. The number of para-hydroxylation sites is 1. The Labute approximate surface area is 173 Å². The minimum Gasteiger partial charge on any atom is -0.351 e. The summed E-state index contributed by atoms with van der Waals surface area (Å²) in [6.45, 7) is 0.317. The second kappa shape index (κ2) is 8.41. The number of fused-ring (bicyclic) bond motifs is 3. The number of nitriles is 1. The van der Waals surface area contributed by atoms with Gasteiger partial charge in [0.15, 0.2) is 0 Å². The molecule has 1 aliphatic rings. The third-order valence-electron chi connectivity index (χ3n) is 4.60. The molecule has 0 fully saturated rings. The summed E-state index contributed by atoms with van der Waals surface area (Å²) in [5.41, 5.74) is 4.24. The summed E-state index contributed by atoms with van der Waals surface area (Å²) in [6.07, 6.45) is 2.13. The topological polar surface area (TPSA) is 120 Å². The molecule has 0 saturated carbocycles. The molecule has 0 spiro atoms. The van der Waals surface area contributed by atoms with Crippen molar-refractivity contribution in [1.29, 1.82) is 5.26 Å². The lowest BCUT2D eigenvalue weighted by Gasteiger charge is -2.11. The van der Waals surface area contributed by atoms with Crippen LogP contribution in [0.3, 0.4) is 0 Å². The van der Waals surface area contributed by atoms with Crippen molar-refractivity contribution >= 4 is 29.1 Å². The average Bonchev–Trinajstić information content (AvgIpc) is 2.89. The summed E-state index contributed by atoms with van der Waals surface area (Å²) in [7, 11) is 0. The van der Waals surface area contributed by atoms with E-state index >= 15 is 0 Å². The highest BCUT2D eigenvalue weighted by Crippen LogP contribution is 2.32. The minimum absolute atomic E-state index is 0.103. The van der Waals surface area contributed by atoms with Gasteiger partial charge in [-0.1, -0.05) is 18.2 Å². The molecule has 0 radical (unpaired) electrons. The summed E-state index contributed by atoms with van der Waals surface area (Å²) in [4.78, 5) is 33.1. The molecule has 8 heteroatoms. The largest absolute Gasteiger partial charge is 0.351 e. The SMILES string of the molecule is N#CCCNC(=O)c1ccc(Nc2ncc3c(n2)-c2ccccc2NC(=O)C3)cc1. The van der Waals surface area contributed by atoms with E-state index in [0.717, 1.165) is 22.5 Å². The first-order valence-electron chi connectivity index (χ1n) is 9.41. The van der Waals surface area contributed by atoms with Gasteiger partial charge >= 0.3 is 0 Å². The maximum atomic E-state index is 12.1. The number of carbonyl (C=O) groups excluding carboxylic acids is 2. The monoisotopic (exact) mass is 398 g/mol. The normalized spacial score (nSPS) is 11.9. The van der Waals surface area contributed by atoms with Gasteiger partial charge in [-0.15, -0.1) is 0 Å². The number of carbonyl (C=O) groups is 2. The van der Waals surface area contributed by atoms with Crippen molar-refractivity contribution in [2.45, 2.75) is 12.8 Å². The van der Waals surface area contributed by atoms with Crippen LogP contribution in [0.25, 0.3) is 11.3 Å². The smallest absolute Gasteiger partial charge is 0.251 e. The number of aromatic nitrogens is 2. The van der Waals surface area contributed by atoms with E-state index in [-0.39, 0.29) is 24.7 Å². The molecule has 0 atom stereocenters. The minimum atomic E-state index is -0.230. The first kappa shape index (κ1) is 19.1. The van der Waals surface area contributed by atoms with Crippen LogP contribution in [0.15, 0.2) is 54.7 Å². The number of rotatable bonds is 5. The lowest BCUT2D eigenvalue weighted by atomic mass is 10.1. The highest BCUT2D eigenvalue weighted by atomic mass is 16.2. The molecule has 1 aromatic heterocycles. The van der Waals surface area contributed by atoms with Crippen LogP contribution in [0.5, 0.6) is 0 Å². The summed E-state index contributed by atoms with van der Waals surface area (Å²) >= 11 is 0. The van der Waals surface area contributed by atoms with Crippen molar-refractivity contribution < 1.29 is 9.59 Å². The van der Waals surface area contributed by atoms with Crippen LogP contribution in [0.2, 0.25) is 0 Å². The molecule has 2 heterocycles. The average molecular weight is 398 g/mol. The lowest BCUT2D eigenvalue weighted by Crippen LogP contribution is -2.24. The van der Waals surface area contributed by atoms with Gasteiger partial charge in [0.2, 0.25) is 11.9 Å². The number of anilines is 3. The van der Waals surface area contributed by atoms with Gasteiger partial charge in [0, 0.05) is 35.1 Å². The van der Waals surface area contributed by atoms with E-state index in [1.807, 2.05) is 30.3 Å². The predicted octanol–water partition coefficient (Wildman–Crippen LogP) is 3.03. The molecule has 0 saturated heterocycles. The second-order valence-corrected chi connectivity index (χ2v) is 6.70. The van der Waals surface area contributed by atoms with Gasteiger partial charge in [0.25, 0.3) is 5.91 Å². The van der Waals surface area contributed by atoms with Gasteiger partial charge in [-0.05, 0) is 30.3 Å². The first-order valence-corrected chi connectivity index (χ1v) is 9.41. The van der Waals surface area contributed by atoms with Gasteiger partial charge in [-0.3, -0.25) is 9.59 Å². The molecule has 0 aliphatic carbocycles. The Balaban J connectivity index is 1.55. The van der Waals surface area contributed by atoms with Crippen LogP contribution < -0.4 is 16.0 Å². The molecule has 3 aromatic rings. The molecule has 148 valence electrons. The number of hydrogen-bond acceptors (Lipinski definition) is 6. The Kier molecular flexibility index (Phi) is 5.35. The zero-order valence-corrected chi connectivity index (χ0v) is 16.0. The molecule has 4 rings (SSSR count). The van der Waals surface area contributed by atoms with E-state index in [1.165, 1.54) is 0 Å². The lowest BCUT2D eigenvalue weighted by molar-refractivity contribution is -0.115. The van der Waals surface area contributed by atoms with Crippen LogP contribution in [0.4, 0.5) is 17.3 Å². The van der Waals surface area contributed by atoms with Crippen LogP contribution in [0, 0.1) is 11.3 Å². The number of nitrogens with one attached hydrogen (secondary N) is 3. The standard InChI is InChI=1S/C22H18N6O2/c23-10-3-11-24-21(30)14-6-8-16(9-7-14)26-22-25-13-15-12-19(29)27-18-5-2-1-4-17(18)20(15)28-22/h1-2,4-9,13H,3,11-12H2,(H,24,30)(H,27,29)(H,25,26,28). The Hall–Kier alpha value is -4.25. The van der Waals surface area contributed by atoms with Crippen LogP contribution in [-0.4, -0.2) is 28.3 Å². The van der Waals surface area contributed by atoms with E-state index in [9.17, 15) is 9.59 Å². The van der Waals surface area contributed by atoms with Gasteiger partial charge in [0.05, 0.1) is 30.3 Å². The third-order valence-corrected chi connectivity index (χ3v) is 4.60. The fourth-order valence-electron chi connectivity index (χ4n) is 3.16. The van der Waals surface area contributed by atoms with E-state index in [1.54, 1.807) is 30.5 Å². The fraction of sp³-hybridized carbons (Fsp3) is 0.136. The number of nitrogens with zero attached hydrogens (tertiary/aromatic N) is 3. The van der Waals surface area contributed by atoms with E-state index in [2.05, 4.69) is 25.9 Å². The molecule has 2 amide bonds. The molecule has 2 aromatic carbocycles. The number of hydrogen-bond donors (Lipinski definition) is 3. The molecule has 0 unspecified atom stereocenters. The highest BCUT2D eigenvalue weighted by Gasteiger charge is 2.20. The summed E-state index contributed by atoms with van der Waals surface area (Å²) in [5.74, 6) is 0.0603. The predicted molar refractivity (Wildman–Crippen MR) is 112 cm³/mol. The molecule has 3 N–H and O–H groups in total. The Morgan fingerprint density at radius 3 is 2.77 bits per heavy atom. The van der Waals surface area contributed by atoms with Gasteiger partial charge in [-0.2, -0.15) is 5.26 Å². The summed E-state index contributed by atoms with van der Waals surface area (Å²) in [5, 5.41) is 17.2. The molecule has 30 heavy (non-hydrogen) atoms. The van der Waals surface area contributed by atoms with Crippen molar-refractivity contribution in [2.75, 3.05) is 17.2 Å². The Morgan fingerprint density at radius 2 is 1.97 bits per heavy atom. The van der Waals surface area contributed by atoms with Crippen molar-refractivity contribution in [3.05, 3.63) is 65.9 Å². The van der Waals surface area contributed by atoms with Gasteiger partial charge < -0.3 is 16.0 Å². The van der Waals surface area contributed by atoms with Gasteiger partial charge in [0.1, 0.15) is 0 Å². The zero-order chi connectivity index (χ0) is 20.9. The van der Waals surface area contributed by atoms with Crippen LogP contribution in [0.1, 0.15) is 22.3 Å². The van der Waals surface area contributed by atoms with Crippen LogP contribution >= 0.6 is 0 Å². The summed E-state index contributed by atoms with van der Waals surface area (Å²) in [6, 6.07) is 16.4. The van der Waals surface area contributed by atoms with Crippen molar-refractivity contribution in [2.24, 2.45) is 0 Å². The van der Waals surface area contributed by atoms with E-state index < -0.39 is 0 Å². The van der Waals surface area contributed by atoms with Crippen molar-refractivity contribution in [3.63, 3.8) is 0 Å². The van der Waals surface area contributed by atoms with Crippen LogP contribution in [-0.2, 0) is 11.2 Å². The Bertz CT molecular complexity index is 1150. The molecule has 1 aliphatic heterocycles. The maximum Gasteiger partial charge on any atom is 0.251 e. The third kappa shape index (κ3) is 4.10. The van der Waals surface area contributed by atoms with Crippen molar-refractivity contribution in [1.82, 2.24) is 15.3 Å². The highest BCUT2D eigenvalue weighted by molar-refractivity contribution is 6.00. The number of benzene rings is 2. The quantitative estimate of drug-likeness (QED) is 0.568. The second-order valence-electron chi connectivity index (χ2n) is 6.70. The van der Waals surface area contributed by atoms with Crippen molar-refractivity contribution in [3.8, 4) is 17.3 Å². The van der Waals surface area contributed by atoms with E-state index in [4.69, 9.17) is 5.26 Å². The number of amides is 2.